The number of rotatable bonds is 4. The second-order valence-electron chi connectivity index (χ2n) is 3.92. The van der Waals surface area contributed by atoms with E-state index in [1.165, 1.54) is 36.4 Å². The first kappa shape index (κ1) is 15.3. The van der Waals surface area contributed by atoms with Gasteiger partial charge in [0.25, 0.3) is 5.69 Å². The van der Waals surface area contributed by atoms with Crippen LogP contribution in [0.2, 0.25) is 5.02 Å². The molecule has 0 aliphatic carbocycles. The van der Waals surface area contributed by atoms with Crippen LogP contribution in [0, 0.1) is 10.1 Å². The maximum Gasteiger partial charge on any atom is 0.339 e. The normalized spacial score (nSPS) is 10.2. The summed E-state index contributed by atoms with van der Waals surface area (Å²) in [5.74, 6) is -0.850. The predicted octanol–water partition coefficient (Wildman–Crippen LogP) is 4.50. The Kier molecular flexibility index (Phi) is 4.44. The van der Waals surface area contributed by atoms with Crippen molar-refractivity contribution in [2.45, 2.75) is 0 Å². The van der Waals surface area contributed by atoms with Crippen LogP contribution in [0.25, 0.3) is 0 Å². The number of hydrogen-bond acceptors (Lipinski definition) is 4. The highest BCUT2D eigenvalue weighted by Crippen LogP contribution is 2.34. The standard InChI is InChI=1S/C13H7BrClNO5/c14-10-6-8(16(19)20)2-4-12(10)21-11-3-1-7(15)5-9(11)13(17)18/h1-6H,(H,17,18). The zero-order valence-electron chi connectivity index (χ0n) is 10.2. The predicted molar refractivity (Wildman–Crippen MR) is 79.3 cm³/mol. The molecule has 0 bridgehead atoms. The molecule has 108 valence electrons. The quantitative estimate of drug-likeness (QED) is 0.630. The molecule has 0 unspecified atom stereocenters. The van der Waals surface area contributed by atoms with E-state index < -0.39 is 10.9 Å². The SMILES string of the molecule is O=C(O)c1cc(Cl)ccc1Oc1ccc([N+](=O)[O-])cc1Br. The molecule has 2 rings (SSSR count). The maximum atomic E-state index is 11.2. The fraction of sp³-hybridized carbons (Fsp3) is 0. The highest BCUT2D eigenvalue weighted by molar-refractivity contribution is 9.10. The van der Waals surface area contributed by atoms with Crippen LogP contribution in [0.1, 0.15) is 10.4 Å². The zero-order valence-corrected chi connectivity index (χ0v) is 12.6. The van der Waals surface area contributed by atoms with Gasteiger partial charge in [0.15, 0.2) is 0 Å². The first-order valence-corrected chi connectivity index (χ1v) is 6.70. The van der Waals surface area contributed by atoms with Gasteiger partial charge in [-0.05, 0) is 40.2 Å². The van der Waals surface area contributed by atoms with Gasteiger partial charge in [-0.1, -0.05) is 11.6 Å². The molecule has 0 aliphatic rings. The van der Waals surface area contributed by atoms with Crippen molar-refractivity contribution >= 4 is 39.2 Å². The van der Waals surface area contributed by atoms with Crippen LogP contribution in [0.15, 0.2) is 40.9 Å². The first-order valence-electron chi connectivity index (χ1n) is 5.53. The second kappa shape index (κ2) is 6.11. The minimum absolute atomic E-state index is 0.0847. The lowest BCUT2D eigenvalue weighted by Gasteiger charge is -2.10. The number of hydrogen-bond donors (Lipinski definition) is 1. The Morgan fingerprint density at radius 3 is 2.48 bits per heavy atom. The number of nitrogens with zero attached hydrogens (tertiary/aromatic N) is 1. The number of ether oxygens (including phenoxy) is 1. The van der Waals surface area contributed by atoms with Crippen molar-refractivity contribution in [2.24, 2.45) is 0 Å². The molecule has 0 aromatic heterocycles. The average molecular weight is 373 g/mol. The van der Waals surface area contributed by atoms with Crippen molar-refractivity contribution in [1.29, 1.82) is 0 Å². The van der Waals surface area contributed by atoms with Crippen LogP contribution in [0.4, 0.5) is 5.69 Å². The number of carboxylic acids is 1. The van der Waals surface area contributed by atoms with Gasteiger partial charge in [0.1, 0.15) is 17.1 Å². The van der Waals surface area contributed by atoms with Crippen LogP contribution in [-0.2, 0) is 0 Å². The molecule has 1 N–H and O–H groups in total. The van der Waals surface area contributed by atoms with E-state index in [9.17, 15) is 14.9 Å². The van der Waals surface area contributed by atoms with Crippen LogP contribution < -0.4 is 4.74 Å². The molecule has 0 radical (unpaired) electrons. The lowest BCUT2D eigenvalue weighted by Crippen LogP contribution is -2.00. The monoisotopic (exact) mass is 371 g/mol. The number of carbonyl (C=O) groups is 1. The van der Waals surface area contributed by atoms with Crippen molar-refractivity contribution in [3.05, 3.63) is 61.6 Å². The lowest BCUT2D eigenvalue weighted by atomic mass is 10.2. The van der Waals surface area contributed by atoms with E-state index in [1.807, 2.05) is 0 Å². The molecule has 0 atom stereocenters. The average Bonchev–Trinajstić information content (AvgIpc) is 2.42. The molecule has 0 amide bonds. The minimum Gasteiger partial charge on any atom is -0.478 e. The van der Waals surface area contributed by atoms with E-state index in [0.29, 0.717) is 4.47 Å². The topological polar surface area (TPSA) is 89.7 Å². The van der Waals surface area contributed by atoms with Crippen molar-refractivity contribution < 1.29 is 19.6 Å². The van der Waals surface area contributed by atoms with E-state index in [-0.39, 0.29) is 27.8 Å². The zero-order chi connectivity index (χ0) is 15.6. The van der Waals surface area contributed by atoms with Crippen molar-refractivity contribution in [3.8, 4) is 11.5 Å². The van der Waals surface area contributed by atoms with Crippen molar-refractivity contribution in [3.63, 3.8) is 0 Å². The van der Waals surface area contributed by atoms with Gasteiger partial charge < -0.3 is 9.84 Å². The molecular formula is C13H7BrClNO5. The summed E-state index contributed by atoms with van der Waals surface area (Å²) in [4.78, 5) is 21.3. The summed E-state index contributed by atoms with van der Waals surface area (Å²) in [6, 6.07) is 8.07. The molecule has 8 heteroatoms. The molecule has 0 aliphatic heterocycles. The minimum atomic E-state index is -1.19. The third-order valence-corrected chi connectivity index (χ3v) is 3.37. The molecular weight excluding hydrogens is 366 g/mol. The summed E-state index contributed by atoms with van der Waals surface area (Å²) < 4.78 is 5.82. The Bertz CT molecular complexity index is 734. The fourth-order valence-electron chi connectivity index (χ4n) is 1.56. The first-order chi connectivity index (χ1) is 9.88. The molecule has 0 spiro atoms. The second-order valence-corrected chi connectivity index (χ2v) is 5.21. The molecule has 21 heavy (non-hydrogen) atoms. The molecule has 0 heterocycles. The highest BCUT2D eigenvalue weighted by Gasteiger charge is 2.15. The van der Waals surface area contributed by atoms with E-state index in [1.54, 1.807) is 0 Å². The summed E-state index contributed by atoms with van der Waals surface area (Å²) in [5, 5.41) is 20.0. The fourth-order valence-corrected chi connectivity index (χ4v) is 2.18. The number of nitro benzene ring substituents is 1. The van der Waals surface area contributed by atoms with Gasteiger partial charge >= 0.3 is 5.97 Å². The Hall–Kier alpha value is -2.12. The third-order valence-electron chi connectivity index (χ3n) is 2.52. The summed E-state index contributed by atoms with van der Waals surface area (Å²) in [5.41, 5.74) is -0.212. The third kappa shape index (κ3) is 3.50. The summed E-state index contributed by atoms with van der Waals surface area (Å²) in [7, 11) is 0. The molecule has 0 fully saturated rings. The highest BCUT2D eigenvalue weighted by atomic mass is 79.9. The Labute approximate surface area is 132 Å². The van der Waals surface area contributed by atoms with Gasteiger partial charge in [0.05, 0.1) is 9.40 Å². The summed E-state index contributed by atoms with van der Waals surface area (Å²) in [6.45, 7) is 0. The van der Waals surface area contributed by atoms with Gasteiger partial charge in [-0.2, -0.15) is 0 Å². The van der Waals surface area contributed by atoms with Gasteiger partial charge in [-0.15, -0.1) is 0 Å². The van der Waals surface area contributed by atoms with E-state index in [4.69, 9.17) is 21.4 Å². The van der Waals surface area contributed by atoms with Gasteiger partial charge in [-0.25, -0.2) is 4.79 Å². The van der Waals surface area contributed by atoms with Crippen LogP contribution in [-0.4, -0.2) is 16.0 Å². The number of aromatic carboxylic acids is 1. The Balaban J connectivity index is 2.39. The Morgan fingerprint density at radius 1 is 1.24 bits per heavy atom. The van der Waals surface area contributed by atoms with E-state index in [0.717, 1.165) is 0 Å². The van der Waals surface area contributed by atoms with Crippen molar-refractivity contribution in [1.82, 2.24) is 0 Å². The van der Waals surface area contributed by atoms with Crippen LogP contribution in [0.3, 0.4) is 0 Å². The molecule has 0 saturated carbocycles. The van der Waals surface area contributed by atoms with Crippen molar-refractivity contribution in [2.75, 3.05) is 0 Å². The lowest BCUT2D eigenvalue weighted by molar-refractivity contribution is -0.384. The Morgan fingerprint density at radius 2 is 1.90 bits per heavy atom. The number of nitro groups is 1. The van der Waals surface area contributed by atoms with Gasteiger partial charge in [0.2, 0.25) is 0 Å². The summed E-state index contributed by atoms with van der Waals surface area (Å²) >= 11 is 8.89. The molecule has 2 aromatic carbocycles. The molecule has 6 nitrogen and oxygen atoms in total. The summed E-state index contributed by atoms with van der Waals surface area (Å²) in [6.07, 6.45) is 0. The molecule has 0 saturated heterocycles. The van der Waals surface area contributed by atoms with E-state index >= 15 is 0 Å². The largest absolute Gasteiger partial charge is 0.478 e. The van der Waals surface area contributed by atoms with Gasteiger partial charge in [0, 0.05) is 17.2 Å². The van der Waals surface area contributed by atoms with Crippen LogP contribution in [0.5, 0.6) is 11.5 Å². The molecule has 2 aromatic rings. The van der Waals surface area contributed by atoms with E-state index in [2.05, 4.69) is 15.9 Å². The van der Waals surface area contributed by atoms with Crippen LogP contribution >= 0.6 is 27.5 Å². The van der Waals surface area contributed by atoms with Gasteiger partial charge in [-0.3, -0.25) is 10.1 Å². The number of carboxylic acid groups (broad SMARTS) is 1. The number of non-ortho nitro benzene ring substituents is 1. The number of halogens is 2. The maximum absolute atomic E-state index is 11.2. The smallest absolute Gasteiger partial charge is 0.339 e. The number of benzene rings is 2.